The molecule has 0 unspecified atom stereocenters. The number of rotatable bonds is 2. The minimum Gasteiger partial charge on any atom is -0.426 e. The first-order valence-corrected chi connectivity index (χ1v) is 5.03. The Labute approximate surface area is 94.0 Å². The van der Waals surface area contributed by atoms with Gasteiger partial charge in [-0.15, -0.1) is 0 Å². The second-order valence-electron chi connectivity index (χ2n) is 3.52. The van der Waals surface area contributed by atoms with Gasteiger partial charge < -0.3 is 9.47 Å². The first kappa shape index (κ1) is 10.5. The predicted octanol–water partition coefficient (Wildman–Crippen LogP) is 3.14. The molecule has 0 bridgehead atoms. The molecule has 1 aliphatic rings. The average Bonchev–Trinajstić information content (AvgIpc) is 2.27. The smallest absolute Gasteiger partial charge is 0.426 e. The number of benzene rings is 1. The normalized spacial score (nSPS) is 20.6. The van der Waals surface area contributed by atoms with Crippen molar-refractivity contribution in [2.24, 2.45) is 0 Å². The molecule has 1 aliphatic heterocycles. The summed E-state index contributed by atoms with van der Waals surface area (Å²) in [6, 6.07) is 9.82. The largest absolute Gasteiger partial charge is 0.514 e. The number of ether oxygens (including phenoxy) is 2. The van der Waals surface area contributed by atoms with Gasteiger partial charge in [-0.1, -0.05) is 43.0 Å². The second-order valence-corrected chi connectivity index (χ2v) is 3.52. The summed E-state index contributed by atoms with van der Waals surface area (Å²) in [5.41, 5.74) is 1.07. The minimum absolute atomic E-state index is 0.283. The van der Waals surface area contributed by atoms with E-state index < -0.39 is 6.16 Å². The van der Waals surface area contributed by atoms with Crippen LogP contribution in [0.1, 0.15) is 12.0 Å². The van der Waals surface area contributed by atoms with E-state index >= 15 is 0 Å². The Bertz CT molecular complexity index is 404. The molecule has 1 aromatic carbocycles. The minimum atomic E-state index is -0.682. The van der Waals surface area contributed by atoms with E-state index in [1.807, 2.05) is 42.5 Å². The molecule has 1 aromatic rings. The topological polar surface area (TPSA) is 35.5 Å². The monoisotopic (exact) mass is 216 g/mol. The molecule has 2 rings (SSSR count). The SMILES string of the molecule is C=C1C[C@@H](/C=C/c2ccccc2)OC(=O)O1. The van der Waals surface area contributed by atoms with Gasteiger partial charge in [0.1, 0.15) is 11.9 Å². The molecule has 3 nitrogen and oxygen atoms in total. The number of hydrogen-bond donors (Lipinski definition) is 0. The summed E-state index contributed by atoms with van der Waals surface area (Å²) in [5, 5.41) is 0. The van der Waals surface area contributed by atoms with Crippen LogP contribution < -0.4 is 0 Å². The molecule has 3 heteroatoms. The van der Waals surface area contributed by atoms with Gasteiger partial charge in [0.25, 0.3) is 0 Å². The molecule has 0 radical (unpaired) electrons. The van der Waals surface area contributed by atoms with E-state index in [0.29, 0.717) is 12.2 Å². The molecule has 0 N–H and O–H groups in total. The van der Waals surface area contributed by atoms with E-state index in [2.05, 4.69) is 11.3 Å². The van der Waals surface area contributed by atoms with Gasteiger partial charge in [0.15, 0.2) is 0 Å². The van der Waals surface area contributed by atoms with Gasteiger partial charge in [0.05, 0.1) is 0 Å². The molecule has 1 heterocycles. The molecule has 1 saturated heterocycles. The standard InChI is InChI=1S/C13H12O3/c1-10-9-12(16-13(14)15-10)8-7-11-5-3-2-4-6-11/h2-8,12H,1,9H2/b8-7+/t12-/m1/s1. The second kappa shape index (κ2) is 4.66. The van der Waals surface area contributed by atoms with Crippen LogP contribution in [0.15, 0.2) is 48.7 Å². The Morgan fingerprint density at radius 1 is 1.31 bits per heavy atom. The quantitative estimate of drug-likeness (QED) is 0.712. The number of hydrogen-bond acceptors (Lipinski definition) is 3. The molecule has 1 fully saturated rings. The van der Waals surface area contributed by atoms with Crippen molar-refractivity contribution in [3.05, 3.63) is 54.3 Å². The Balaban J connectivity index is 2.02. The maximum atomic E-state index is 11.0. The van der Waals surface area contributed by atoms with Crippen molar-refractivity contribution in [1.29, 1.82) is 0 Å². The predicted molar refractivity (Wildman–Crippen MR) is 60.6 cm³/mol. The van der Waals surface area contributed by atoms with Crippen molar-refractivity contribution in [2.75, 3.05) is 0 Å². The van der Waals surface area contributed by atoms with Crippen LogP contribution in [-0.4, -0.2) is 12.3 Å². The van der Waals surface area contributed by atoms with E-state index in [1.54, 1.807) is 0 Å². The van der Waals surface area contributed by atoms with E-state index in [1.165, 1.54) is 0 Å². The lowest BCUT2D eigenvalue weighted by atomic mass is 10.1. The highest BCUT2D eigenvalue weighted by molar-refractivity contribution is 5.63. The van der Waals surface area contributed by atoms with Crippen molar-refractivity contribution in [1.82, 2.24) is 0 Å². The van der Waals surface area contributed by atoms with Crippen molar-refractivity contribution in [2.45, 2.75) is 12.5 Å². The third kappa shape index (κ3) is 2.73. The summed E-state index contributed by atoms with van der Waals surface area (Å²) in [6.07, 6.45) is 3.29. The molecular formula is C13H12O3. The van der Waals surface area contributed by atoms with Crippen LogP contribution in [0.25, 0.3) is 6.08 Å². The van der Waals surface area contributed by atoms with Gasteiger partial charge in [-0.3, -0.25) is 0 Å². The van der Waals surface area contributed by atoms with Crippen LogP contribution in [0.3, 0.4) is 0 Å². The van der Waals surface area contributed by atoms with Crippen LogP contribution in [-0.2, 0) is 9.47 Å². The van der Waals surface area contributed by atoms with Gasteiger partial charge in [-0.25, -0.2) is 4.79 Å². The van der Waals surface area contributed by atoms with Gasteiger partial charge in [-0.2, -0.15) is 0 Å². The number of cyclic esters (lactones) is 2. The average molecular weight is 216 g/mol. The zero-order chi connectivity index (χ0) is 11.4. The molecule has 0 aromatic heterocycles. The van der Waals surface area contributed by atoms with Crippen LogP contribution in [0.4, 0.5) is 4.79 Å². The third-order valence-corrected chi connectivity index (χ3v) is 2.21. The van der Waals surface area contributed by atoms with Gasteiger partial charge in [-0.05, 0) is 11.6 Å². The summed E-state index contributed by atoms with van der Waals surface area (Å²) in [7, 11) is 0. The van der Waals surface area contributed by atoms with Gasteiger partial charge in [0, 0.05) is 6.42 Å². The molecule has 0 amide bonds. The van der Waals surface area contributed by atoms with Crippen molar-refractivity contribution in [3.8, 4) is 0 Å². The Morgan fingerprint density at radius 2 is 2.06 bits per heavy atom. The van der Waals surface area contributed by atoms with E-state index in [-0.39, 0.29) is 6.10 Å². The molecular weight excluding hydrogens is 204 g/mol. The Hall–Kier alpha value is -2.03. The fraction of sp³-hybridized carbons (Fsp3) is 0.154. The maximum Gasteiger partial charge on any atom is 0.514 e. The number of carbonyl (C=O) groups is 1. The molecule has 82 valence electrons. The van der Waals surface area contributed by atoms with Gasteiger partial charge in [0.2, 0.25) is 0 Å². The van der Waals surface area contributed by atoms with Crippen molar-refractivity contribution >= 4 is 12.2 Å². The zero-order valence-corrected chi connectivity index (χ0v) is 8.76. The van der Waals surface area contributed by atoms with E-state index in [9.17, 15) is 4.79 Å². The molecule has 0 saturated carbocycles. The molecule has 16 heavy (non-hydrogen) atoms. The summed E-state index contributed by atoms with van der Waals surface area (Å²) in [4.78, 5) is 11.0. The first-order valence-electron chi connectivity index (χ1n) is 5.03. The summed E-state index contributed by atoms with van der Waals surface area (Å²) < 4.78 is 9.65. The van der Waals surface area contributed by atoms with Crippen molar-refractivity contribution < 1.29 is 14.3 Å². The fourth-order valence-corrected chi connectivity index (χ4v) is 1.46. The molecule has 0 spiro atoms. The Kier molecular flexibility index (Phi) is 3.05. The lowest BCUT2D eigenvalue weighted by Crippen LogP contribution is -2.23. The van der Waals surface area contributed by atoms with E-state index in [0.717, 1.165) is 5.56 Å². The maximum absolute atomic E-state index is 11.0. The van der Waals surface area contributed by atoms with Crippen molar-refractivity contribution in [3.63, 3.8) is 0 Å². The third-order valence-electron chi connectivity index (χ3n) is 2.21. The number of carbonyl (C=O) groups excluding carboxylic acids is 1. The summed E-state index contributed by atoms with van der Waals surface area (Å²) in [6.45, 7) is 3.61. The highest BCUT2D eigenvalue weighted by Crippen LogP contribution is 2.18. The lowest BCUT2D eigenvalue weighted by molar-refractivity contribution is 0.0241. The molecule has 1 atom stereocenters. The summed E-state index contributed by atoms with van der Waals surface area (Å²) >= 11 is 0. The highest BCUT2D eigenvalue weighted by atomic mass is 16.7. The van der Waals surface area contributed by atoms with E-state index in [4.69, 9.17) is 4.74 Å². The van der Waals surface area contributed by atoms with Crippen LogP contribution >= 0.6 is 0 Å². The Morgan fingerprint density at radius 3 is 2.75 bits per heavy atom. The zero-order valence-electron chi connectivity index (χ0n) is 8.76. The van der Waals surface area contributed by atoms with Crippen LogP contribution in [0, 0.1) is 0 Å². The van der Waals surface area contributed by atoms with Gasteiger partial charge >= 0.3 is 6.16 Å². The first-order chi connectivity index (χ1) is 7.74. The highest BCUT2D eigenvalue weighted by Gasteiger charge is 2.22. The van der Waals surface area contributed by atoms with Crippen LogP contribution in [0.2, 0.25) is 0 Å². The van der Waals surface area contributed by atoms with Crippen LogP contribution in [0.5, 0.6) is 0 Å². The summed E-state index contributed by atoms with van der Waals surface area (Å²) in [5.74, 6) is 0.443. The lowest BCUT2D eigenvalue weighted by Gasteiger charge is -2.20. The molecule has 0 aliphatic carbocycles. The fourth-order valence-electron chi connectivity index (χ4n) is 1.46.